The molecule has 0 atom stereocenters. The number of hydrazone groups is 1. The molecule has 0 saturated carbocycles. The summed E-state index contributed by atoms with van der Waals surface area (Å²) in [6.45, 7) is 0. The Labute approximate surface area is 170 Å². The third kappa shape index (κ3) is 4.90. The largest absolute Gasteiger partial charge is 0.417 e. The van der Waals surface area contributed by atoms with Crippen molar-refractivity contribution in [2.24, 2.45) is 5.10 Å². The smallest absolute Gasteiger partial charge is 0.415 e. The van der Waals surface area contributed by atoms with Crippen molar-refractivity contribution in [2.45, 2.75) is 12.6 Å². The SMILES string of the molecule is CN(/N=C/c1ccc(-c2nnc(C(F)F)o2)cc1)C(=O)c1c(F)cccc1C(F)(F)F. The normalized spacial score (nSPS) is 12.0. The van der Waals surface area contributed by atoms with E-state index in [2.05, 4.69) is 15.3 Å². The molecule has 1 heterocycles. The molecule has 1 aromatic heterocycles. The van der Waals surface area contributed by atoms with Crippen LogP contribution in [0.4, 0.5) is 26.3 Å². The van der Waals surface area contributed by atoms with Crippen molar-refractivity contribution in [3.05, 3.63) is 70.9 Å². The first kappa shape index (κ1) is 22.0. The van der Waals surface area contributed by atoms with Gasteiger partial charge in [-0.2, -0.15) is 27.1 Å². The van der Waals surface area contributed by atoms with Crippen LogP contribution in [0.3, 0.4) is 0 Å². The van der Waals surface area contributed by atoms with Crippen LogP contribution in [-0.4, -0.2) is 34.4 Å². The first-order valence-electron chi connectivity index (χ1n) is 8.47. The standard InChI is InChI=1S/C19H12F6N4O2/c1-29(18(30)14-12(19(23,24)25)3-2-4-13(14)20)26-9-10-5-7-11(8-6-10)16-27-28-17(31-16)15(21)22/h2-9,15H,1H3/b26-9+. The van der Waals surface area contributed by atoms with E-state index in [9.17, 15) is 31.1 Å². The van der Waals surface area contributed by atoms with Crippen molar-refractivity contribution in [3.8, 4) is 11.5 Å². The predicted molar refractivity (Wildman–Crippen MR) is 95.8 cm³/mol. The van der Waals surface area contributed by atoms with E-state index >= 15 is 0 Å². The number of carbonyl (C=O) groups is 1. The number of hydrogen-bond acceptors (Lipinski definition) is 5. The van der Waals surface area contributed by atoms with E-state index < -0.39 is 41.3 Å². The maximum absolute atomic E-state index is 13.9. The highest BCUT2D eigenvalue weighted by Gasteiger charge is 2.37. The Kier molecular flexibility index (Phi) is 6.09. The van der Waals surface area contributed by atoms with Gasteiger partial charge < -0.3 is 4.42 Å². The molecule has 162 valence electrons. The molecule has 6 nitrogen and oxygen atoms in total. The van der Waals surface area contributed by atoms with Crippen LogP contribution >= 0.6 is 0 Å². The van der Waals surface area contributed by atoms with Gasteiger partial charge in [-0.1, -0.05) is 18.2 Å². The summed E-state index contributed by atoms with van der Waals surface area (Å²) >= 11 is 0. The van der Waals surface area contributed by atoms with E-state index in [1.807, 2.05) is 0 Å². The summed E-state index contributed by atoms with van der Waals surface area (Å²) in [6, 6.07) is 8.03. The second kappa shape index (κ2) is 8.58. The fourth-order valence-electron chi connectivity index (χ4n) is 2.50. The summed E-state index contributed by atoms with van der Waals surface area (Å²) in [4.78, 5) is 12.3. The van der Waals surface area contributed by atoms with Crippen molar-refractivity contribution < 1.29 is 35.6 Å². The first-order chi connectivity index (χ1) is 14.6. The van der Waals surface area contributed by atoms with Gasteiger partial charge in [0.15, 0.2) is 0 Å². The first-order valence-corrected chi connectivity index (χ1v) is 8.47. The minimum absolute atomic E-state index is 0.134. The number of nitrogens with zero attached hydrogens (tertiary/aromatic N) is 4. The van der Waals surface area contributed by atoms with Crippen molar-refractivity contribution >= 4 is 12.1 Å². The number of halogens is 6. The van der Waals surface area contributed by atoms with Gasteiger partial charge in [-0.15, -0.1) is 10.2 Å². The highest BCUT2D eigenvalue weighted by atomic mass is 19.4. The highest BCUT2D eigenvalue weighted by Crippen LogP contribution is 2.33. The van der Waals surface area contributed by atoms with Crippen molar-refractivity contribution in [2.75, 3.05) is 7.05 Å². The van der Waals surface area contributed by atoms with Crippen molar-refractivity contribution in [3.63, 3.8) is 0 Å². The molecule has 0 spiro atoms. The molecular formula is C19H12F6N4O2. The van der Waals surface area contributed by atoms with Gasteiger partial charge in [0.05, 0.1) is 17.3 Å². The van der Waals surface area contributed by atoms with Crippen molar-refractivity contribution in [1.82, 2.24) is 15.2 Å². The Morgan fingerprint density at radius 2 is 1.81 bits per heavy atom. The van der Waals surface area contributed by atoms with E-state index in [1.54, 1.807) is 0 Å². The van der Waals surface area contributed by atoms with Crippen LogP contribution < -0.4 is 0 Å². The molecule has 31 heavy (non-hydrogen) atoms. The summed E-state index contributed by atoms with van der Waals surface area (Å²) < 4.78 is 83.0. The average Bonchev–Trinajstić information content (AvgIpc) is 3.21. The lowest BCUT2D eigenvalue weighted by atomic mass is 10.1. The summed E-state index contributed by atoms with van der Waals surface area (Å²) in [5.41, 5.74) is -1.81. The number of amides is 1. The number of aromatic nitrogens is 2. The molecule has 3 aromatic rings. The van der Waals surface area contributed by atoms with Crippen LogP contribution in [0.2, 0.25) is 0 Å². The lowest BCUT2D eigenvalue weighted by Gasteiger charge is -2.16. The lowest BCUT2D eigenvalue weighted by molar-refractivity contribution is -0.138. The third-order valence-corrected chi connectivity index (χ3v) is 3.99. The minimum Gasteiger partial charge on any atom is -0.415 e. The zero-order valence-electron chi connectivity index (χ0n) is 15.6. The molecule has 0 fully saturated rings. The van der Waals surface area contributed by atoms with Gasteiger partial charge in [0.1, 0.15) is 5.82 Å². The van der Waals surface area contributed by atoms with Crippen LogP contribution in [0.25, 0.3) is 11.5 Å². The van der Waals surface area contributed by atoms with E-state index in [0.717, 1.165) is 25.4 Å². The molecule has 1 amide bonds. The predicted octanol–water partition coefficient (Wildman–Crippen LogP) is 4.94. The Hall–Kier alpha value is -3.70. The molecule has 0 saturated heterocycles. The zero-order chi connectivity index (χ0) is 22.8. The molecule has 3 rings (SSSR count). The van der Waals surface area contributed by atoms with Gasteiger partial charge in [-0.05, 0) is 29.8 Å². The number of rotatable bonds is 5. The van der Waals surface area contributed by atoms with Gasteiger partial charge in [0.2, 0.25) is 5.89 Å². The van der Waals surface area contributed by atoms with E-state index in [-0.39, 0.29) is 5.89 Å². The maximum atomic E-state index is 13.9. The van der Waals surface area contributed by atoms with E-state index in [1.165, 1.54) is 24.3 Å². The average molecular weight is 442 g/mol. The Morgan fingerprint density at radius 1 is 1.13 bits per heavy atom. The quantitative estimate of drug-likeness (QED) is 0.319. The Bertz CT molecular complexity index is 1110. The van der Waals surface area contributed by atoms with Crippen molar-refractivity contribution in [1.29, 1.82) is 0 Å². The number of alkyl halides is 5. The van der Waals surface area contributed by atoms with Crippen LogP contribution in [-0.2, 0) is 6.18 Å². The number of hydrogen-bond donors (Lipinski definition) is 0. The fraction of sp³-hybridized carbons (Fsp3) is 0.158. The number of carbonyl (C=O) groups excluding carboxylic acids is 1. The maximum Gasteiger partial charge on any atom is 0.417 e. The third-order valence-electron chi connectivity index (χ3n) is 3.99. The molecule has 12 heteroatoms. The second-order valence-corrected chi connectivity index (χ2v) is 6.10. The minimum atomic E-state index is -4.92. The molecule has 0 radical (unpaired) electrons. The fourth-order valence-corrected chi connectivity index (χ4v) is 2.50. The summed E-state index contributed by atoms with van der Waals surface area (Å²) in [5.74, 6) is -3.57. The lowest BCUT2D eigenvalue weighted by Crippen LogP contribution is -2.26. The molecule has 0 aliphatic rings. The zero-order valence-corrected chi connectivity index (χ0v) is 15.6. The summed E-state index contributed by atoms with van der Waals surface area (Å²) in [5, 5.41) is 11.0. The highest BCUT2D eigenvalue weighted by molar-refractivity contribution is 5.96. The van der Waals surface area contributed by atoms with Crippen LogP contribution in [0.5, 0.6) is 0 Å². The molecule has 0 aliphatic carbocycles. The van der Waals surface area contributed by atoms with Crippen LogP contribution in [0, 0.1) is 5.82 Å². The van der Waals surface area contributed by atoms with Gasteiger partial charge in [-0.25, -0.2) is 9.40 Å². The molecule has 2 aromatic carbocycles. The molecular weight excluding hydrogens is 430 g/mol. The Balaban J connectivity index is 1.77. The Morgan fingerprint density at radius 3 is 2.39 bits per heavy atom. The van der Waals surface area contributed by atoms with Crippen LogP contribution in [0.1, 0.15) is 33.8 Å². The van der Waals surface area contributed by atoms with Gasteiger partial charge in [-0.3, -0.25) is 4.79 Å². The molecule has 0 N–H and O–H groups in total. The summed E-state index contributed by atoms with van der Waals surface area (Å²) in [7, 11) is 1.07. The van der Waals surface area contributed by atoms with E-state index in [0.29, 0.717) is 22.2 Å². The monoisotopic (exact) mass is 442 g/mol. The molecule has 0 bridgehead atoms. The van der Waals surface area contributed by atoms with Crippen LogP contribution in [0.15, 0.2) is 52.0 Å². The topological polar surface area (TPSA) is 71.6 Å². The van der Waals surface area contributed by atoms with Gasteiger partial charge in [0, 0.05) is 12.6 Å². The molecule has 0 aliphatic heterocycles. The van der Waals surface area contributed by atoms with E-state index in [4.69, 9.17) is 4.42 Å². The summed E-state index contributed by atoms with van der Waals surface area (Å²) in [6.07, 6.45) is -6.69. The van der Waals surface area contributed by atoms with Gasteiger partial charge in [0.25, 0.3) is 11.8 Å². The number of benzene rings is 2. The van der Waals surface area contributed by atoms with Gasteiger partial charge >= 0.3 is 12.6 Å². The molecule has 0 unspecified atom stereocenters. The second-order valence-electron chi connectivity index (χ2n) is 6.10.